The van der Waals surface area contributed by atoms with Gasteiger partial charge in [-0.15, -0.1) is 0 Å². The molecule has 0 spiro atoms. The Morgan fingerprint density at radius 2 is 0.459 bits per heavy atom. The second kappa shape index (κ2) is 19.8. The number of hydrogen-bond acceptors (Lipinski definition) is 2. The first-order chi connectivity index (χ1) is 36.3. The van der Waals surface area contributed by atoms with E-state index in [-0.39, 0.29) is 0 Å². The fourth-order valence-electron chi connectivity index (χ4n) is 10.9. The van der Waals surface area contributed by atoms with Crippen LogP contribution >= 0.6 is 0 Å². The van der Waals surface area contributed by atoms with Gasteiger partial charge in [0, 0.05) is 34.1 Å². The molecule has 0 aromatic heterocycles. The van der Waals surface area contributed by atoms with Gasteiger partial charge in [-0.05, 0) is 189 Å². The van der Waals surface area contributed by atoms with E-state index < -0.39 is 0 Å². The van der Waals surface area contributed by atoms with Crippen LogP contribution < -0.4 is 9.80 Å². The zero-order chi connectivity index (χ0) is 50.1. The third kappa shape index (κ3) is 8.82. The molecule has 0 amide bonds. The molecule has 354 valence electrons. The minimum Gasteiger partial charge on any atom is -0.311 e. The van der Waals surface area contributed by atoms with Crippen molar-refractivity contribution in [2.24, 2.45) is 0 Å². The summed E-state index contributed by atoms with van der Waals surface area (Å²) in [6.07, 6.45) is 0. The van der Waals surface area contributed by atoms with Crippen LogP contribution in [0.1, 0.15) is 22.3 Å². The Morgan fingerprint density at radius 1 is 0.216 bits per heavy atom. The summed E-state index contributed by atoms with van der Waals surface area (Å²) >= 11 is 0. The predicted octanol–water partition coefficient (Wildman–Crippen LogP) is 20.5. The summed E-state index contributed by atoms with van der Waals surface area (Å²) in [7, 11) is 0. The second-order valence-electron chi connectivity index (χ2n) is 19.6. The maximum Gasteiger partial charge on any atom is 0.0462 e. The summed E-state index contributed by atoms with van der Waals surface area (Å²) in [5.74, 6) is 0. The molecule has 0 unspecified atom stereocenters. The van der Waals surface area contributed by atoms with E-state index in [0.29, 0.717) is 0 Å². The van der Waals surface area contributed by atoms with Crippen LogP contribution in [0.15, 0.2) is 267 Å². The molecular weight excluding hydrogens is 893 g/mol. The van der Waals surface area contributed by atoms with Gasteiger partial charge in [-0.3, -0.25) is 0 Å². The lowest BCUT2D eigenvalue weighted by Gasteiger charge is -2.26. The molecule has 0 saturated heterocycles. The van der Waals surface area contributed by atoms with Gasteiger partial charge in [-0.1, -0.05) is 205 Å². The van der Waals surface area contributed by atoms with Crippen LogP contribution in [-0.4, -0.2) is 0 Å². The predicted molar refractivity (Wildman–Crippen MR) is 317 cm³/mol. The number of nitrogens with zero attached hydrogens (tertiary/aromatic N) is 2. The van der Waals surface area contributed by atoms with Gasteiger partial charge in [0.2, 0.25) is 0 Å². The van der Waals surface area contributed by atoms with Crippen molar-refractivity contribution in [3.63, 3.8) is 0 Å². The molecule has 0 N–H and O–H groups in total. The summed E-state index contributed by atoms with van der Waals surface area (Å²) in [6, 6.07) is 97.6. The van der Waals surface area contributed by atoms with Crippen molar-refractivity contribution in [1.82, 2.24) is 0 Å². The molecular formula is C72H56N2. The van der Waals surface area contributed by atoms with Crippen LogP contribution in [0.2, 0.25) is 0 Å². The highest BCUT2D eigenvalue weighted by molar-refractivity contribution is 6.14. The molecule has 0 heterocycles. The third-order valence-electron chi connectivity index (χ3n) is 14.7. The van der Waals surface area contributed by atoms with E-state index in [4.69, 9.17) is 0 Å². The van der Waals surface area contributed by atoms with Crippen molar-refractivity contribution in [2.45, 2.75) is 27.7 Å². The molecule has 0 aliphatic carbocycles. The number of fused-ring (bicyclic) bond motifs is 2. The number of anilines is 6. The quantitative estimate of drug-likeness (QED) is 0.127. The fraction of sp³-hybridized carbons (Fsp3) is 0.0556. The molecule has 0 aliphatic heterocycles. The Hall–Kier alpha value is -9.24. The molecule has 2 heteroatoms. The topological polar surface area (TPSA) is 6.48 Å². The van der Waals surface area contributed by atoms with Crippen molar-refractivity contribution in [3.05, 3.63) is 289 Å². The van der Waals surface area contributed by atoms with E-state index in [2.05, 4.69) is 304 Å². The average Bonchev–Trinajstić information content (AvgIpc) is 3.46. The highest BCUT2D eigenvalue weighted by atomic mass is 15.1. The lowest BCUT2D eigenvalue weighted by Crippen LogP contribution is -2.09. The minimum absolute atomic E-state index is 1.11. The normalized spacial score (nSPS) is 11.2. The second-order valence-corrected chi connectivity index (χ2v) is 19.6. The van der Waals surface area contributed by atoms with E-state index in [1.165, 1.54) is 99.4 Å². The van der Waals surface area contributed by atoms with Crippen LogP contribution in [0, 0.1) is 27.7 Å². The molecule has 0 bridgehead atoms. The van der Waals surface area contributed by atoms with Gasteiger partial charge in [0.25, 0.3) is 0 Å². The van der Waals surface area contributed by atoms with Gasteiger partial charge < -0.3 is 9.80 Å². The van der Waals surface area contributed by atoms with Crippen molar-refractivity contribution < 1.29 is 0 Å². The number of rotatable bonds is 11. The van der Waals surface area contributed by atoms with Gasteiger partial charge in [0.05, 0.1) is 0 Å². The SMILES string of the molecule is Cc1ccc(N(c2ccc(-c3ccccc3)cc2)c2ccc(-c3cc(C)c(-c4c(C)cc(-c5ccc(N(c6ccc(C)cc6)c6ccc(-c7ccccc7)cc6)cc5)c5ccccc45)c4ccccc34)cc2)cc1. The Kier molecular flexibility index (Phi) is 12.2. The Bertz CT molecular complexity index is 3650. The third-order valence-corrected chi connectivity index (χ3v) is 14.7. The molecule has 0 aliphatic rings. The van der Waals surface area contributed by atoms with Crippen LogP contribution in [0.25, 0.3) is 77.2 Å². The first-order valence-electron chi connectivity index (χ1n) is 25.7. The van der Waals surface area contributed by atoms with Crippen molar-refractivity contribution >= 4 is 55.7 Å². The molecule has 12 rings (SSSR count). The molecule has 0 radical (unpaired) electrons. The van der Waals surface area contributed by atoms with Crippen LogP contribution in [0.5, 0.6) is 0 Å². The van der Waals surface area contributed by atoms with E-state index in [1.807, 2.05) is 0 Å². The first-order valence-corrected chi connectivity index (χ1v) is 25.7. The van der Waals surface area contributed by atoms with Crippen molar-refractivity contribution in [1.29, 1.82) is 0 Å². The molecule has 0 atom stereocenters. The monoisotopic (exact) mass is 948 g/mol. The lowest BCUT2D eigenvalue weighted by atomic mass is 9.83. The Labute approximate surface area is 435 Å². The lowest BCUT2D eigenvalue weighted by molar-refractivity contribution is 1.27. The smallest absolute Gasteiger partial charge is 0.0462 e. The fourth-order valence-corrected chi connectivity index (χ4v) is 10.9. The molecule has 12 aromatic carbocycles. The average molecular weight is 949 g/mol. The number of benzene rings is 12. The summed E-state index contributed by atoms with van der Waals surface area (Å²) in [5.41, 5.74) is 23.9. The van der Waals surface area contributed by atoms with Gasteiger partial charge >= 0.3 is 0 Å². The van der Waals surface area contributed by atoms with Crippen LogP contribution in [0.3, 0.4) is 0 Å². The summed E-state index contributed by atoms with van der Waals surface area (Å²) in [6.45, 7) is 8.85. The number of aryl methyl sites for hydroxylation is 4. The van der Waals surface area contributed by atoms with E-state index in [9.17, 15) is 0 Å². The molecule has 0 saturated carbocycles. The summed E-state index contributed by atoms with van der Waals surface area (Å²) in [5, 5.41) is 4.99. The number of hydrogen-bond donors (Lipinski definition) is 0. The van der Waals surface area contributed by atoms with Gasteiger partial charge in [-0.2, -0.15) is 0 Å². The largest absolute Gasteiger partial charge is 0.311 e. The maximum absolute atomic E-state index is 2.41. The highest BCUT2D eigenvalue weighted by Gasteiger charge is 2.21. The molecule has 2 nitrogen and oxygen atoms in total. The summed E-state index contributed by atoms with van der Waals surface area (Å²) in [4.78, 5) is 4.70. The van der Waals surface area contributed by atoms with Crippen molar-refractivity contribution in [3.8, 4) is 55.6 Å². The zero-order valence-electron chi connectivity index (χ0n) is 42.3. The van der Waals surface area contributed by atoms with E-state index in [1.54, 1.807) is 0 Å². The van der Waals surface area contributed by atoms with Gasteiger partial charge in [-0.25, -0.2) is 0 Å². The minimum atomic E-state index is 1.11. The summed E-state index contributed by atoms with van der Waals surface area (Å²) < 4.78 is 0. The first kappa shape index (κ1) is 45.9. The van der Waals surface area contributed by atoms with E-state index >= 15 is 0 Å². The Balaban J connectivity index is 0.894. The molecule has 12 aromatic rings. The standard InChI is InChI=1S/C72H56N2/c1-49-23-35-59(36-24-49)73(61-39-27-55(28-40-61)53-15-7-5-8-16-53)63-43-31-57(32-44-63)69-47-51(3)71(67-21-13-11-19-65(67)69)72-52(4)48-70(66-20-12-14-22-68(66)72)58-33-45-64(46-34-58)74(60-37-25-50(2)26-38-60)62-41-29-56(30-42-62)54-17-9-6-10-18-54/h5-48H,1-4H3. The Morgan fingerprint density at radius 3 is 0.770 bits per heavy atom. The van der Waals surface area contributed by atoms with E-state index in [0.717, 1.165) is 34.1 Å². The maximum atomic E-state index is 2.41. The van der Waals surface area contributed by atoms with Gasteiger partial charge in [0.15, 0.2) is 0 Å². The highest BCUT2D eigenvalue weighted by Crippen LogP contribution is 2.46. The van der Waals surface area contributed by atoms with Crippen LogP contribution in [0.4, 0.5) is 34.1 Å². The molecule has 74 heavy (non-hydrogen) atoms. The zero-order valence-corrected chi connectivity index (χ0v) is 42.3. The molecule has 0 fully saturated rings. The van der Waals surface area contributed by atoms with Crippen molar-refractivity contribution in [2.75, 3.05) is 9.80 Å². The van der Waals surface area contributed by atoms with Crippen LogP contribution in [-0.2, 0) is 0 Å². The van der Waals surface area contributed by atoms with Gasteiger partial charge in [0.1, 0.15) is 0 Å².